The molecule has 2 rings (SSSR count). The maximum atomic E-state index is 12.5. The van der Waals surface area contributed by atoms with Gasteiger partial charge in [0.05, 0.1) is 5.51 Å². The molecule has 0 aliphatic carbocycles. The van der Waals surface area contributed by atoms with E-state index in [0.717, 1.165) is 11.3 Å². The van der Waals surface area contributed by atoms with Crippen LogP contribution >= 0.6 is 11.3 Å². The Morgan fingerprint density at radius 3 is 2.45 bits per heavy atom. The van der Waals surface area contributed by atoms with E-state index in [1.165, 1.54) is 9.82 Å². The van der Waals surface area contributed by atoms with Gasteiger partial charge in [-0.05, 0) is 13.8 Å². The first-order chi connectivity index (χ1) is 9.34. The molecule has 0 bridgehead atoms. The van der Waals surface area contributed by atoms with Gasteiger partial charge in [0.15, 0.2) is 9.90 Å². The van der Waals surface area contributed by atoms with Crippen molar-refractivity contribution in [1.29, 1.82) is 0 Å². The summed E-state index contributed by atoms with van der Waals surface area (Å²) in [5, 5.41) is 8.98. The fourth-order valence-electron chi connectivity index (χ4n) is 2.14. The van der Waals surface area contributed by atoms with Gasteiger partial charge in [0, 0.05) is 32.2 Å². The standard InChI is InChI=1S/C11H17N3O4S2/c1-8(2)13-3-5-14(6-4-13)20(17,18)11-9(10(15)16)12-7-19-11/h7-8H,3-6H2,1-2H3,(H,15,16). The van der Waals surface area contributed by atoms with Crippen LogP contribution in [0.5, 0.6) is 0 Å². The molecule has 0 amide bonds. The molecule has 7 nitrogen and oxygen atoms in total. The molecule has 1 aliphatic heterocycles. The van der Waals surface area contributed by atoms with Gasteiger partial charge in [0.2, 0.25) is 0 Å². The number of thiazole rings is 1. The van der Waals surface area contributed by atoms with Crippen molar-refractivity contribution < 1.29 is 18.3 Å². The van der Waals surface area contributed by atoms with E-state index >= 15 is 0 Å². The third kappa shape index (κ3) is 2.85. The van der Waals surface area contributed by atoms with E-state index in [1.54, 1.807) is 0 Å². The average Bonchev–Trinajstić information content (AvgIpc) is 2.89. The van der Waals surface area contributed by atoms with Crippen molar-refractivity contribution in [3.8, 4) is 0 Å². The van der Waals surface area contributed by atoms with Gasteiger partial charge >= 0.3 is 5.97 Å². The molecule has 1 fully saturated rings. The average molecular weight is 319 g/mol. The summed E-state index contributed by atoms with van der Waals surface area (Å²) in [6, 6.07) is 0.373. The number of sulfonamides is 1. The highest BCUT2D eigenvalue weighted by molar-refractivity contribution is 7.91. The van der Waals surface area contributed by atoms with Crippen molar-refractivity contribution in [2.75, 3.05) is 26.2 Å². The molecule has 0 radical (unpaired) electrons. The van der Waals surface area contributed by atoms with Gasteiger partial charge < -0.3 is 5.11 Å². The van der Waals surface area contributed by atoms with Crippen LogP contribution in [0.1, 0.15) is 24.3 Å². The second-order valence-corrected chi connectivity index (χ2v) is 7.82. The fourth-order valence-corrected chi connectivity index (χ4v) is 4.84. The Balaban J connectivity index is 2.20. The van der Waals surface area contributed by atoms with Crippen LogP contribution in [0.4, 0.5) is 0 Å². The molecule has 0 spiro atoms. The minimum absolute atomic E-state index is 0.178. The van der Waals surface area contributed by atoms with Crippen LogP contribution in [-0.2, 0) is 10.0 Å². The van der Waals surface area contributed by atoms with E-state index in [9.17, 15) is 13.2 Å². The topological polar surface area (TPSA) is 90.8 Å². The molecule has 0 aromatic carbocycles. The highest BCUT2D eigenvalue weighted by atomic mass is 32.2. The predicted molar refractivity (Wildman–Crippen MR) is 74.5 cm³/mol. The zero-order valence-corrected chi connectivity index (χ0v) is 12.9. The third-order valence-corrected chi connectivity index (χ3v) is 6.56. The Labute approximate surface area is 121 Å². The monoisotopic (exact) mass is 319 g/mol. The lowest BCUT2D eigenvalue weighted by Gasteiger charge is -2.35. The zero-order chi connectivity index (χ0) is 14.9. The molecule has 0 unspecified atom stereocenters. The van der Waals surface area contributed by atoms with Gasteiger partial charge in [-0.3, -0.25) is 4.90 Å². The van der Waals surface area contributed by atoms with Crippen molar-refractivity contribution in [2.45, 2.75) is 24.1 Å². The van der Waals surface area contributed by atoms with Crippen LogP contribution in [-0.4, -0.2) is 65.9 Å². The molecule has 112 valence electrons. The molecule has 2 heterocycles. The fraction of sp³-hybridized carbons (Fsp3) is 0.636. The van der Waals surface area contributed by atoms with E-state index in [-0.39, 0.29) is 9.90 Å². The van der Waals surface area contributed by atoms with Crippen molar-refractivity contribution in [3.63, 3.8) is 0 Å². The van der Waals surface area contributed by atoms with Crippen LogP contribution in [0.25, 0.3) is 0 Å². The number of rotatable bonds is 4. The number of hydrogen-bond acceptors (Lipinski definition) is 6. The second-order valence-electron chi connectivity index (χ2n) is 4.83. The van der Waals surface area contributed by atoms with Crippen molar-refractivity contribution in [2.24, 2.45) is 0 Å². The molecule has 1 aliphatic rings. The van der Waals surface area contributed by atoms with E-state index in [4.69, 9.17) is 5.11 Å². The molecular formula is C11H17N3O4S2. The number of carboxylic acid groups (broad SMARTS) is 1. The highest BCUT2D eigenvalue weighted by Crippen LogP contribution is 2.25. The Morgan fingerprint density at radius 2 is 1.95 bits per heavy atom. The van der Waals surface area contributed by atoms with Gasteiger partial charge in [0.25, 0.3) is 10.0 Å². The Kier molecular flexibility index (Phi) is 4.43. The minimum Gasteiger partial charge on any atom is -0.476 e. The van der Waals surface area contributed by atoms with Gasteiger partial charge in [0.1, 0.15) is 0 Å². The number of carboxylic acids is 1. The normalized spacial score (nSPS) is 18.6. The molecule has 9 heteroatoms. The molecular weight excluding hydrogens is 302 g/mol. The van der Waals surface area contributed by atoms with Crippen molar-refractivity contribution in [3.05, 3.63) is 11.2 Å². The lowest BCUT2D eigenvalue weighted by molar-refractivity contribution is 0.0687. The maximum absolute atomic E-state index is 12.5. The summed E-state index contributed by atoms with van der Waals surface area (Å²) in [7, 11) is -3.76. The molecule has 20 heavy (non-hydrogen) atoms. The van der Waals surface area contributed by atoms with Crippen LogP contribution in [0, 0.1) is 0 Å². The summed E-state index contributed by atoms with van der Waals surface area (Å²) in [6.07, 6.45) is 0. The first-order valence-corrected chi connectivity index (χ1v) is 8.57. The SMILES string of the molecule is CC(C)N1CCN(S(=O)(=O)c2scnc2C(=O)O)CC1. The number of carbonyl (C=O) groups is 1. The first kappa shape index (κ1) is 15.4. The number of hydrogen-bond donors (Lipinski definition) is 1. The third-order valence-electron chi connectivity index (χ3n) is 3.32. The van der Waals surface area contributed by atoms with Gasteiger partial charge in [-0.15, -0.1) is 11.3 Å². The number of aromatic nitrogens is 1. The quantitative estimate of drug-likeness (QED) is 0.872. The summed E-state index contributed by atoms with van der Waals surface area (Å²) in [5.74, 6) is -1.31. The summed E-state index contributed by atoms with van der Waals surface area (Å²) < 4.78 is 26.1. The van der Waals surface area contributed by atoms with E-state index in [2.05, 4.69) is 23.7 Å². The minimum atomic E-state index is -3.76. The van der Waals surface area contributed by atoms with E-state index in [0.29, 0.717) is 32.2 Å². The molecule has 0 atom stereocenters. The highest BCUT2D eigenvalue weighted by Gasteiger charge is 2.34. The summed E-state index contributed by atoms with van der Waals surface area (Å²) in [5.41, 5.74) is 0.863. The summed E-state index contributed by atoms with van der Waals surface area (Å²) in [4.78, 5) is 16.8. The van der Waals surface area contributed by atoms with Gasteiger partial charge in [-0.1, -0.05) is 0 Å². The van der Waals surface area contributed by atoms with E-state index in [1.807, 2.05) is 0 Å². The van der Waals surface area contributed by atoms with Crippen LogP contribution in [0.3, 0.4) is 0 Å². The van der Waals surface area contributed by atoms with Gasteiger partial charge in [-0.2, -0.15) is 4.31 Å². The lowest BCUT2D eigenvalue weighted by atomic mass is 10.3. The number of nitrogens with zero attached hydrogens (tertiary/aromatic N) is 3. The smallest absolute Gasteiger partial charge is 0.356 e. The molecule has 0 saturated carbocycles. The Bertz CT molecular complexity index is 589. The molecule has 1 aromatic heterocycles. The molecule has 1 aromatic rings. The largest absolute Gasteiger partial charge is 0.476 e. The van der Waals surface area contributed by atoms with Crippen molar-refractivity contribution in [1.82, 2.24) is 14.2 Å². The Morgan fingerprint density at radius 1 is 1.35 bits per heavy atom. The summed E-state index contributed by atoms with van der Waals surface area (Å²) in [6.45, 7) is 6.18. The Hall–Kier alpha value is -1.03. The van der Waals surface area contributed by atoms with Crippen LogP contribution < -0.4 is 0 Å². The van der Waals surface area contributed by atoms with E-state index < -0.39 is 16.0 Å². The summed E-state index contributed by atoms with van der Waals surface area (Å²) >= 11 is 0.850. The molecule has 1 saturated heterocycles. The zero-order valence-electron chi connectivity index (χ0n) is 11.3. The number of piperazine rings is 1. The number of aromatic carboxylic acids is 1. The lowest BCUT2D eigenvalue weighted by Crippen LogP contribution is -2.50. The maximum Gasteiger partial charge on any atom is 0.356 e. The van der Waals surface area contributed by atoms with Gasteiger partial charge in [-0.25, -0.2) is 18.2 Å². The second kappa shape index (κ2) is 5.76. The van der Waals surface area contributed by atoms with Crippen LogP contribution in [0.2, 0.25) is 0 Å². The first-order valence-electron chi connectivity index (χ1n) is 6.25. The van der Waals surface area contributed by atoms with Crippen LogP contribution in [0.15, 0.2) is 9.72 Å². The predicted octanol–water partition coefficient (Wildman–Crippen LogP) is 0.556. The molecule has 1 N–H and O–H groups in total. The van der Waals surface area contributed by atoms with Crippen molar-refractivity contribution >= 4 is 27.3 Å².